The van der Waals surface area contributed by atoms with Crippen LogP contribution in [0.3, 0.4) is 0 Å². The number of carbonyl (C=O) groups excluding carboxylic acids is 1. The first-order valence-electron chi connectivity index (χ1n) is 13.5. The van der Waals surface area contributed by atoms with Gasteiger partial charge in [-0.3, -0.25) is 0 Å². The van der Waals surface area contributed by atoms with Crippen LogP contribution in [-0.2, 0) is 14.8 Å². The molecule has 0 bridgehead atoms. The molecule has 1 aromatic rings. The summed E-state index contributed by atoms with van der Waals surface area (Å²) in [6, 6.07) is 4.38. The number of likely N-dealkylation sites (tertiary alicyclic amines) is 2. The standard InChI is InChI=1S/C27H34ClF2N3O4S/c28-20-7-9-23(10-8-20)38(35,36)33-22(5-4-6-25(33)24-19-27(24,29)30)13-18-37-26(34)32-16-11-21(12-17-32)31-14-2-1-3-15-31/h7-10,21-22,24-25H,1-6,11-12,14-17,19H2/t22-,24?,25+/m1/s1. The van der Waals surface area contributed by atoms with Gasteiger partial charge in [-0.25, -0.2) is 22.0 Å². The lowest BCUT2D eigenvalue weighted by molar-refractivity contribution is 0.0679. The van der Waals surface area contributed by atoms with E-state index in [-0.39, 0.29) is 11.3 Å². The molecule has 4 fully saturated rings. The van der Waals surface area contributed by atoms with E-state index in [1.165, 1.54) is 43.5 Å². The van der Waals surface area contributed by atoms with E-state index in [0.29, 0.717) is 43.4 Å². The van der Waals surface area contributed by atoms with Crippen LogP contribution in [0.2, 0.25) is 5.02 Å². The Kier molecular flexibility index (Phi) is 8.20. The smallest absolute Gasteiger partial charge is 0.356 e. The minimum absolute atomic E-state index is 0.0295. The summed E-state index contributed by atoms with van der Waals surface area (Å²) in [6.45, 7) is 3.40. The Labute approximate surface area is 228 Å². The summed E-state index contributed by atoms with van der Waals surface area (Å²) < 4.78 is 61.7. The van der Waals surface area contributed by atoms with E-state index in [4.69, 9.17) is 16.3 Å². The van der Waals surface area contributed by atoms with E-state index in [0.717, 1.165) is 30.2 Å². The van der Waals surface area contributed by atoms with Crippen LogP contribution in [-0.4, -0.2) is 78.8 Å². The van der Waals surface area contributed by atoms with E-state index >= 15 is 0 Å². The molecule has 4 aliphatic rings. The third kappa shape index (κ3) is 5.96. The fraction of sp³-hybridized carbons (Fsp3) is 0.667. The molecule has 3 atom stereocenters. The zero-order valence-corrected chi connectivity index (χ0v) is 22.9. The van der Waals surface area contributed by atoms with Crippen molar-refractivity contribution in [1.82, 2.24) is 14.1 Å². The monoisotopic (exact) mass is 569 g/mol. The average Bonchev–Trinajstić information content (AvgIpc) is 3.57. The average molecular weight is 570 g/mol. The SMILES string of the molecule is O=C(OC#C[C@H]1CCC[C@@H](C2CC2(F)F)N1S(=O)(=O)c1ccc(Cl)cc1)N1CCC(N2CCCCC2)CC1. The van der Waals surface area contributed by atoms with E-state index in [9.17, 15) is 22.0 Å². The van der Waals surface area contributed by atoms with Crippen LogP contribution < -0.4 is 0 Å². The molecule has 3 aliphatic heterocycles. The molecule has 1 aliphatic carbocycles. The molecule has 0 N–H and O–H groups in total. The Morgan fingerprint density at radius 3 is 2.26 bits per heavy atom. The van der Waals surface area contributed by atoms with Gasteiger partial charge in [0.2, 0.25) is 10.0 Å². The Hall–Kier alpha value is -1.93. The number of sulfonamides is 1. The molecule has 0 spiro atoms. The van der Waals surface area contributed by atoms with Gasteiger partial charge in [0.15, 0.2) is 0 Å². The summed E-state index contributed by atoms with van der Waals surface area (Å²) >= 11 is 5.93. The molecule has 11 heteroatoms. The summed E-state index contributed by atoms with van der Waals surface area (Å²) in [5, 5.41) is 0.371. The van der Waals surface area contributed by atoms with Crippen LogP contribution >= 0.6 is 11.6 Å². The number of ether oxygens (including phenoxy) is 1. The first kappa shape index (κ1) is 27.6. The number of amides is 1. The number of nitrogens with zero attached hydrogens (tertiary/aromatic N) is 3. The van der Waals surface area contributed by atoms with Crippen molar-refractivity contribution >= 4 is 27.7 Å². The van der Waals surface area contributed by atoms with Crippen LogP contribution in [0.15, 0.2) is 29.2 Å². The summed E-state index contributed by atoms with van der Waals surface area (Å²) in [6.07, 6.45) is 8.29. The second-order valence-corrected chi connectivity index (χ2v) is 13.1. The Morgan fingerprint density at radius 1 is 0.974 bits per heavy atom. The molecular weight excluding hydrogens is 536 g/mol. The lowest BCUT2D eigenvalue weighted by Gasteiger charge is -2.39. The number of halogens is 3. The van der Waals surface area contributed by atoms with Crippen molar-refractivity contribution in [2.24, 2.45) is 5.92 Å². The van der Waals surface area contributed by atoms with Crippen molar-refractivity contribution in [3.63, 3.8) is 0 Å². The second-order valence-electron chi connectivity index (χ2n) is 10.8. The van der Waals surface area contributed by atoms with E-state index in [1.807, 2.05) is 0 Å². The van der Waals surface area contributed by atoms with Crippen molar-refractivity contribution in [3.05, 3.63) is 29.3 Å². The van der Waals surface area contributed by atoms with Crippen LogP contribution in [0.5, 0.6) is 0 Å². The summed E-state index contributed by atoms with van der Waals surface area (Å²) in [5.41, 5.74) is 0. The molecule has 38 heavy (non-hydrogen) atoms. The van der Waals surface area contributed by atoms with Crippen molar-refractivity contribution in [2.75, 3.05) is 26.2 Å². The fourth-order valence-electron chi connectivity index (χ4n) is 6.15. The molecule has 3 heterocycles. The summed E-state index contributed by atoms with van der Waals surface area (Å²) in [4.78, 5) is 16.8. The van der Waals surface area contributed by atoms with Gasteiger partial charge in [-0.1, -0.05) is 18.0 Å². The Bertz CT molecular complexity index is 1170. The largest absolute Gasteiger partial charge is 0.423 e. The van der Waals surface area contributed by atoms with Crippen molar-refractivity contribution in [2.45, 2.75) is 86.7 Å². The number of rotatable bonds is 4. The molecule has 1 unspecified atom stereocenters. The molecular formula is C27H34ClF2N3O4S. The third-order valence-electron chi connectivity index (χ3n) is 8.33. The lowest BCUT2D eigenvalue weighted by atomic mass is 9.95. The molecule has 1 aromatic carbocycles. The normalized spacial score (nSPS) is 28.8. The maximum absolute atomic E-state index is 14.1. The number of carbonyl (C=O) groups is 1. The molecule has 1 saturated carbocycles. The van der Waals surface area contributed by atoms with Crippen LogP contribution in [0.4, 0.5) is 13.6 Å². The minimum atomic E-state index is -4.14. The molecule has 1 amide bonds. The third-order valence-corrected chi connectivity index (χ3v) is 10.5. The highest BCUT2D eigenvalue weighted by atomic mass is 35.5. The van der Waals surface area contributed by atoms with Gasteiger partial charge in [0.25, 0.3) is 5.92 Å². The van der Waals surface area contributed by atoms with Gasteiger partial charge in [-0.2, -0.15) is 4.31 Å². The van der Waals surface area contributed by atoms with Crippen molar-refractivity contribution in [3.8, 4) is 12.0 Å². The van der Waals surface area contributed by atoms with Gasteiger partial charge < -0.3 is 14.5 Å². The van der Waals surface area contributed by atoms with Gasteiger partial charge >= 0.3 is 6.09 Å². The topological polar surface area (TPSA) is 70.2 Å². The van der Waals surface area contributed by atoms with Gasteiger partial charge in [0.05, 0.1) is 10.9 Å². The summed E-state index contributed by atoms with van der Waals surface area (Å²) in [7, 11) is -4.14. The number of hydrogen-bond acceptors (Lipinski definition) is 5. The van der Waals surface area contributed by atoms with Gasteiger partial charge in [-0.05, 0) is 88.2 Å². The fourth-order valence-corrected chi connectivity index (χ4v) is 8.10. The zero-order chi connectivity index (χ0) is 26.9. The number of alkyl halides is 2. The molecule has 0 radical (unpaired) electrons. The first-order valence-corrected chi connectivity index (χ1v) is 15.4. The highest BCUT2D eigenvalue weighted by molar-refractivity contribution is 7.89. The van der Waals surface area contributed by atoms with Crippen molar-refractivity contribution < 1.29 is 26.7 Å². The number of hydrogen-bond donors (Lipinski definition) is 0. The quantitative estimate of drug-likeness (QED) is 0.480. The van der Waals surface area contributed by atoms with E-state index in [2.05, 4.69) is 16.9 Å². The predicted octanol–water partition coefficient (Wildman–Crippen LogP) is 4.95. The molecule has 7 nitrogen and oxygen atoms in total. The summed E-state index contributed by atoms with van der Waals surface area (Å²) in [5.74, 6) is -1.15. The van der Waals surface area contributed by atoms with Gasteiger partial charge in [0.1, 0.15) is 6.11 Å². The van der Waals surface area contributed by atoms with Crippen molar-refractivity contribution in [1.29, 1.82) is 0 Å². The maximum atomic E-state index is 14.1. The first-order chi connectivity index (χ1) is 18.2. The van der Waals surface area contributed by atoms with E-state index < -0.39 is 40.0 Å². The number of piperidine rings is 3. The van der Waals surface area contributed by atoms with Crippen LogP contribution in [0, 0.1) is 17.9 Å². The van der Waals surface area contributed by atoms with E-state index in [1.54, 1.807) is 4.90 Å². The van der Waals surface area contributed by atoms with Crippen LogP contribution in [0.25, 0.3) is 0 Å². The molecule has 3 saturated heterocycles. The lowest BCUT2D eigenvalue weighted by Crippen LogP contribution is -2.51. The highest BCUT2D eigenvalue weighted by Crippen LogP contribution is 2.54. The van der Waals surface area contributed by atoms with Gasteiger partial charge in [-0.15, -0.1) is 0 Å². The number of benzene rings is 1. The minimum Gasteiger partial charge on any atom is -0.356 e. The maximum Gasteiger partial charge on any atom is 0.423 e. The molecule has 0 aromatic heterocycles. The highest BCUT2D eigenvalue weighted by Gasteiger charge is 2.63. The molecule has 5 rings (SSSR count). The Morgan fingerprint density at radius 2 is 1.63 bits per heavy atom. The van der Waals surface area contributed by atoms with Gasteiger partial charge in [0, 0.05) is 42.5 Å². The predicted molar refractivity (Wildman–Crippen MR) is 139 cm³/mol. The molecule has 208 valence electrons. The Balaban J connectivity index is 1.26. The second kappa shape index (κ2) is 11.3. The van der Waals surface area contributed by atoms with Crippen LogP contribution in [0.1, 0.15) is 57.8 Å². The zero-order valence-electron chi connectivity index (χ0n) is 21.3.